The standard InChI is InChI=1S/C28H29N3O4/c1-28(2,3)35-27(34)30(4)17-19-11-5-8-14-22(19)29-25(32)18-31-23-15-9-6-12-20(23)26(33)21-13-7-10-16-24(21)31/h5-16H,17-18H2,1-4H3,(H,29,32). The van der Waals surface area contributed by atoms with E-state index in [-0.39, 0.29) is 24.4 Å². The van der Waals surface area contributed by atoms with Crippen molar-refractivity contribution in [1.29, 1.82) is 0 Å². The third kappa shape index (κ3) is 5.35. The molecule has 3 aromatic carbocycles. The molecular weight excluding hydrogens is 442 g/mol. The minimum absolute atomic E-state index is 0.0253. The molecule has 0 aliphatic carbocycles. The van der Waals surface area contributed by atoms with E-state index in [4.69, 9.17) is 4.74 Å². The molecule has 0 unspecified atom stereocenters. The number of aromatic nitrogens is 1. The van der Waals surface area contributed by atoms with Crippen LogP contribution in [0.15, 0.2) is 77.6 Å². The number of carbonyl (C=O) groups is 2. The van der Waals surface area contributed by atoms with Crippen LogP contribution in [0.5, 0.6) is 0 Å². The van der Waals surface area contributed by atoms with Gasteiger partial charge in [0, 0.05) is 23.5 Å². The lowest BCUT2D eigenvalue weighted by Gasteiger charge is -2.25. The van der Waals surface area contributed by atoms with Gasteiger partial charge >= 0.3 is 6.09 Å². The summed E-state index contributed by atoms with van der Waals surface area (Å²) in [7, 11) is 1.66. The average Bonchev–Trinajstić information content (AvgIpc) is 2.82. The van der Waals surface area contributed by atoms with Crippen molar-refractivity contribution in [2.75, 3.05) is 12.4 Å². The van der Waals surface area contributed by atoms with E-state index < -0.39 is 11.7 Å². The van der Waals surface area contributed by atoms with Crippen molar-refractivity contribution in [3.05, 3.63) is 88.6 Å². The third-order valence-electron chi connectivity index (χ3n) is 5.58. The highest BCUT2D eigenvalue weighted by Gasteiger charge is 2.21. The highest BCUT2D eigenvalue weighted by Crippen LogP contribution is 2.21. The first-order chi connectivity index (χ1) is 16.6. The predicted octanol–water partition coefficient (Wildman–Crippen LogP) is 5.16. The fourth-order valence-corrected chi connectivity index (χ4v) is 4.02. The monoisotopic (exact) mass is 471 g/mol. The van der Waals surface area contributed by atoms with Crippen LogP contribution < -0.4 is 10.7 Å². The quantitative estimate of drug-likeness (QED) is 0.408. The Morgan fingerprint density at radius 2 is 1.43 bits per heavy atom. The largest absolute Gasteiger partial charge is 0.444 e. The van der Waals surface area contributed by atoms with E-state index in [0.717, 1.165) is 5.56 Å². The van der Waals surface area contributed by atoms with Crippen molar-refractivity contribution < 1.29 is 14.3 Å². The Morgan fingerprint density at radius 1 is 0.886 bits per heavy atom. The molecule has 1 aromatic heterocycles. The molecule has 0 atom stereocenters. The Kier molecular flexibility index (Phi) is 6.60. The van der Waals surface area contributed by atoms with Gasteiger partial charge in [-0.05, 0) is 56.7 Å². The predicted molar refractivity (Wildman–Crippen MR) is 138 cm³/mol. The molecule has 0 spiro atoms. The lowest BCUT2D eigenvalue weighted by Crippen LogP contribution is -2.34. The van der Waals surface area contributed by atoms with Gasteiger partial charge in [-0.25, -0.2) is 4.79 Å². The van der Waals surface area contributed by atoms with Crippen LogP contribution in [0.1, 0.15) is 26.3 Å². The van der Waals surface area contributed by atoms with Crippen molar-refractivity contribution >= 4 is 39.5 Å². The zero-order valence-corrected chi connectivity index (χ0v) is 20.4. The van der Waals surface area contributed by atoms with Crippen molar-refractivity contribution in [2.24, 2.45) is 0 Å². The van der Waals surface area contributed by atoms with E-state index in [2.05, 4.69) is 5.32 Å². The number of rotatable bonds is 5. The molecule has 1 N–H and O–H groups in total. The van der Waals surface area contributed by atoms with Gasteiger partial charge < -0.3 is 19.5 Å². The fourth-order valence-electron chi connectivity index (χ4n) is 4.02. The van der Waals surface area contributed by atoms with E-state index in [1.165, 1.54) is 4.90 Å². The lowest BCUT2D eigenvalue weighted by atomic mass is 10.1. The molecule has 2 amide bonds. The van der Waals surface area contributed by atoms with Gasteiger partial charge in [-0.3, -0.25) is 9.59 Å². The molecule has 4 rings (SSSR count). The Morgan fingerprint density at radius 3 is 2.03 bits per heavy atom. The first-order valence-electron chi connectivity index (χ1n) is 11.5. The Hall–Kier alpha value is -4.13. The second-order valence-corrected chi connectivity index (χ2v) is 9.49. The normalized spacial score (nSPS) is 11.4. The molecule has 0 fully saturated rings. The average molecular weight is 472 g/mol. The number of amides is 2. The van der Waals surface area contributed by atoms with Crippen molar-refractivity contribution in [2.45, 2.75) is 39.5 Å². The zero-order valence-electron chi connectivity index (χ0n) is 20.4. The number of benzene rings is 3. The Labute approximate surface area is 203 Å². The maximum absolute atomic E-state index is 13.2. The molecule has 0 bridgehead atoms. The summed E-state index contributed by atoms with van der Waals surface area (Å²) in [5, 5.41) is 4.11. The summed E-state index contributed by atoms with van der Waals surface area (Å²) < 4.78 is 7.29. The maximum atomic E-state index is 13.2. The Balaban J connectivity index is 1.60. The van der Waals surface area contributed by atoms with Crippen LogP contribution in [-0.2, 0) is 22.6 Å². The van der Waals surface area contributed by atoms with E-state index in [1.54, 1.807) is 25.2 Å². The summed E-state index contributed by atoms with van der Waals surface area (Å²) in [4.78, 5) is 40.0. The number of fused-ring (bicyclic) bond motifs is 2. The van der Waals surface area contributed by atoms with Crippen LogP contribution in [-0.4, -0.2) is 34.1 Å². The molecular formula is C28H29N3O4. The van der Waals surface area contributed by atoms with E-state index in [9.17, 15) is 14.4 Å². The van der Waals surface area contributed by atoms with Gasteiger partial charge in [0.05, 0.1) is 17.6 Å². The van der Waals surface area contributed by atoms with Crippen LogP contribution in [0.25, 0.3) is 21.8 Å². The molecule has 0 saturated carbocycles. The van der Waals surface area contributed by atoms with Crippen molar-refractivity contribution in [3.8, 4) is 0 Å². The van der Waals surface area contributed by atoms with Crippen molar-refractivity contribution in [3.63, 3.8) is 0 Å². The number of hydrogen-bond donors (Lipinski definition) is 1. The van der Waals surface area contributed by atoms with Gasteiger partial charge in [0.2, 0.25) is 5.91 Å². The number of nitrogens with zero attached hydrogens (tertiary/aromatic N) is 2. The number of para-hydroxylation sites is 3. The molecule has 0 radical (unpaired) electrons. The molecule has 4 aromatic rings. The molecule has 7 nitrogen and oxygen atoms in total. The van der Waals surface area contributed by atoms with Crippen LogP contribution in [0, 0.1) is 0 Å². The van der Waals surface area contributed by atoms with Gasteiger partial charge in [-0.2, -0.15) is 0 Å². The minimum atomic E-state index is -0.596. The summed E-state index contributed by atoms with van der Waals surface area (Å²) in [5.74, 6) is -0.240. The maximum Gasteiger partial charge on any atom is 0.410 e. The number of pyridine rings is 1. The Bertz CT molecular complexity index is 1410. The zero-order chi connectivity index (χ0) is 25.2. The summed E-state index contributed by atoms with van der Waals surface area (Å²) >= 11 is 0. The summed E-state index contributed by atoms with van der Waals surface area (Å²) in [6.45, 7) is 5.75. The topological polar surface area (TPSA) is 80.6 Å². The molecule has 0 saturated heterocycles. The second-order valence-electron chi connectivity index (χ2n) is 9.49. The summed E-state index contributed by atoms with van der Waals surface area (Å²) in [6, 6.07) is 22.0. The van der Waals surface area contributed by atoms with Crippen LogP contribution in [0.2, 0.25) is 0 Å². The first-order valence-corrected chi connectivity index (χ1v) is 11.5. The van der Waals surface area contributed by atoms with Gasteiger partial charge in [0.15, 0.2) is 5.43 Å². The second kappa shape index (κ2) is 9.62. The van der Waals surface area contributed by atoms with E-state index in [1.807, 2.05) is 79.9 Å². The van der Waals surface area contributed by atoms with Gasteiger partial charge in [-0.15, -0.1) is 0 Å². The highest BCUT2D eigenvalue weighted by molar-refractivity contribution is 5.97. The van der Waals surface area contributed by atoms with Crippen molar-refractivity contribution in [1.82, 2.24) is 9.47 Å². The van der Waals surface area contributed by atoms with Crippen LogP contribution >= 0.6 is 0 Å². The number of ether oxygens (including phenoxy) is 1. The number of nitrogens with one attached hydrogen (secondary N) is 1. The van der Waals surface area contributed by atoms with Gasteiger partial charge in [-0.1, -0.05) is 42.5 Å². The summed E-state index contributed by atoms with van der Waals surface area (Å²) in [6.07, 6.45) is -0.440. The fraction of sp³-hybridized carbons (Fsp3) is 0.250. The lowest BCUT2D eigenvalue weighted by molar-refractivity contribution is -0.116. The third-order valence-corrected chi connectivity index (χ3v) is 5.58. The van der Waals surface area contributed by atoms with E-state index in [0.29, 0.717) is 27.5 Å². The van der Waals surface area contributed by atoms with E-state index >= 15 is 0 Å². The molecule has 0 aliphatic heterocycles. The highest BCUT2D eigenvalue weighted by atomic mass is 16.6. The van der Waals surface area contributed by atoms with Crippen LogP contribution in [0.3, 0.4) is 0 Å². The summed E-state index contributed by atoms with van der Waals surface area (Å²) in [5.41, 5.74) is 2.14. The molecule has 7 heteroatoms. The molecule has 180 valence electrons. The molecule has 35 heavy (non-hydrogen) atoms. The SMILES string of the molecule is CN(Cc1ccccc1NC(=O)Cn1c2ccccc2c(=O)c2ccccc21)C(=O)OC(C)(C)C. The smallest absolute Gasteiger partial charge is 0.410 e. The van der Waals surface area contributed by atoms with Crippen LogP contribution in [0.4, 0.5) is 10.5 Å². The first kappa shape index (κ1) is 24.0. The number of hydrogen-bond acceptors (Lipinski definition) is 4. The number of carbonyl (C=O) groups excluding carboxylic acids is 2. The molecule has 1 heterocycles. The molecule has 0 aliphatic rings. The number of anilines is 1. The minimum Gasteiger partial charge on any atom is -0.444 e. The van der Waals surface area contributed by atoms with Gasteiger partial charge in [0.1, 0.15) is 12.1 Å². The van der Waals surface area contributed by atoms with Gasteiger partial charge in [0.25, 0.3) is 0 Å².